The summed E-state index contributed by atoms with van der Waals surface area (Å²) in [6.45, 7) is 13.6. The van der Waals surface area contributed by atoms with E-state index in [2.05, 4.69) is 75.6 Å². The van der Waals surface area contributed by atoms with Crippen LogP contribution in [0, 0.1) is 22.2 Å². The van der Waals surface area contributed by atoms with Gasteiger partial charge in [0.2, 0.25) is 5.91 Å². The second kappa shape index (κ2) is 7.65. The fourth-order valence-corrected chi connectivity index (χ4v) is 7.35. The van der Waals surface area contributed by atoms with Crippen LogP contribution in [-0.4, -0.2) is 25.0 Å². The van der Waals surface area contributed by atoms with Crippen molar-refractivity contribution in [2.75, 3.05) is 13.1 Å². The number of carbonyl (C=O) groups is 1. The summed E-state index contributed by atoms with van der Waals surface area (Å²) in [5.41, 5.74) is 1.79. The Balaban J connectivity index is 1.63. The van der Waals surface area contributed by atoms with E-state index in [0.29, 0.717) is 17.2 Å². The molecule has 0 aromatic heterocycles. The Morgan fingerprint density at radius 3 is 2.47 bits per heavy atom. The highest BCUT2D eigenvalue weighted by Crippen LogP contribution is 2.62. The molecule has 4 rings (SSSR count). The molecule has 5 atom stereocenters. The highest BCUT2D eigenvalue weighted by Gasteiger charge is 2.56. The van der Waals surface area contributed by atoms with Crippen LogP contribution in [0.25, 0.3) is 0 Å². The van der Waals surface area contributed by atoms with E-state index in [-0.39, 0.29) is 22.3 Å². The van der Waals surface area contributed by atoms with Crippen LogP contribution >= 0.6 is 0 Å². The minimum absolute atomic E-state index is 0.104. The first-order chi connectivity index (χ1) is 14.1. The molecule has 2 bridgehead atoms. The van der Waals surface area contributed by atoms with E-state index in [4.69, 9.17) is 0 Å². The van der Waals surface area contributed by atoms with Crippen LogP contribution in [0.5, 0.6) is 0 Å². The summed E-state index contributed by atoms with van der Waals surface area (Å²) in [5, 5.41) is 7.02. The SMILES string of the molecule is CCC1(C)CC2CC(C)(C(=O)NC3CCNCC3(C)C)CC(c3ccccc3)(C2)C1. The summed E-state index contributed by atoms with van der Waals surface area (Å²) in [7, 11) is 0. The van der Waals surface area contributed by atoms with Crippen molar-refractivity contribution in [1.29, 1.82) is 0 Å². The third-order valence-electron chi connectivity index (χ3n) is 8.92. The Kier molecular flexibility index (Phi) is 5.58. The molecule has 1 amide bonds. The number of hydrogen-bond acceptors (Lipinski definition) is 2. The predicted octanol–water partition coefficient (Wildman–Crippen LogP) is 5.45. The molecule has 1 aromatic rings. The van der Waals surface area contributed by atoms with Crippen LogP contribution in [-0.2, 0) is 10.2 Å². The molecule has 30 heavy (non-hydrogen) atoms. The van der Waals surface area contributed by atoms with Gasteiger partial charge in [0.05, 0.1) is 0 Å². The van der Waals surface area contributed by atoms with Crippen molar-refractivity contribution in [2.45, 2.75) is 91.0 Å². The third-order valence-corrected chi connectivity index (χ3v) is 8.92. The molecule has 1 heterocycles. The van der Waals surface area contributed by atoms with E-state index in [1.165, 1.54) is 31.2 Å². The van der Waals surface area contributed by atoms with Crippen LogP contribution in [0.3, 0.4) is 0 Å². The van der Waals surface area contributed by atoms with E-state index in [9.17, 15) is 4.79 Å². The molecule has 0 spiro atoms. The second-order valence-electron chi connectivity index (χ2n) is 12.2. The lowest BCUT2D eigenvalue weighted by Crippen LogP contribution is -2.59. The summed E-state index contributed by atoms with van der Waals surface area (Å²) in [6, 6.07) is 11.4. The summed E-state index contributed by atoms with van der Waals surface area (Å²) in [6.07, 6.45) is 7.98. The highest BCUT2D eigenvalue weighted by atomic mass is 16.2. The molecule has 1 aliphatic heterocycles. The number of piperidine rings is 1. The average molecular weight is 411 g/mol. The summed E-state index contributed by atoms with van der Waals surface area (Å²) in [4.78, 5) is 13.8. The van der Waals surface area contributed by atoms with Crippen LogP contribution in [0.4, 0.5) is 0 Å². The van der Waals surface area contributed by atoms with Crippen molar-refractivity contribution < 1.29 is 4.79 Å². The van der Waals surface area contributed by atoms with E-state index in [1.807, 2.05) is 0 Å². The van der Waals surface area contributed by atoms with Crippen molar-refractivity contribution >= 4 is 5.91 Å². The molecule has 2 N–H and O–H groups in total. The molecule has 2 aliphatic carbocycles. The quantitative estimate of drug-likeness (QED) is 0.693. The van der Waals surface area contributed by atoms with Gasteiger partial charge in [-0.3, -0.25) is 4.79 Å². The van der Waals surface area contributed by atoms with Gasteiger partial charge >= 0.3 is 0 Å². The number of nitrogens with one attached hydrogen (secondary N) is 2. The van der Waals surface area contributed by atoms with Gasteiger partial charge in [0.1, 0.15) is 0 Å². The standard InChI is InChI=1S/C27H42N2O/c1-6-25(4)14-20-15-26(5,23(30)29-22-12-13-28-19-24(22,2)3)18-27(16-20,17-25)21-10-8-7-9-11-21/h7-11,20,22,28H,6,12-19H2,1-5H3,(H,29,30). The van der Waals surface area contributed by atoms with Gasteiger partial charge in [0.25, 0.3) is 0 Å². The fraction of sp³-hybridized carbons (Fsp3) is 0.741. The van der Waals surface area contributed by atoms with Crippen LogP contribution in [0.15, 0.2) is 30.3 Å². The molecule has 1 aromatic carbocycles. The first-order valence-corrected chi connectivity index (χ1v) is 12.2. The van der Waals surface area contributed by atoms with Crippen LogP contribution in [0.1, 0.15) is 85.1 Å². The molecule has 5 unspecified atom stereocenters. The highest BCUT2D eigenvalue weighted by molar-refractivity contribution is 5.83. The van der Waals surface area contributed by atoms with Crippen molar-refractivity contribution in [3.8, 4) is 0 Å². The molecular formula is C27H42N2O. The van der Waals surface area contributed by atoms with E-state index in [0.717, 1.165) is 32.4 Å². The number of benzene rings is 1. The van der Waals surface area contributed by atoms with Gasteiger partial charge < -0.3 is 10.6 Å². The van der Waals surface area contributed by atoms with Gasteiger partial charge in [-0.15, -0.1) is 0 Å². The Labute approximate surface area is 183 Å². The lowest BCUT2D eigenvalue weighted by Gasteiger charge is -2.58. The zero-order valence-electron chi connectivity index (χ0n) is 19.8. The summed E-state index contributed by atoms with van der Waals surface area (Å²) in [5.74, 6) is 0.932. The smallest absolute Gasteiger partial charge is 0.226 e. The lowest BCUT2D eigenvalue weighted by molar-refractivity contribution is -0.139. The van der Waals surface area contributed by atoms with Crippen molar-refractivity contribution in [3.63, 3.8) is 0 Å². The largest absolute Gasteiger partial charge is 0.352 e. The van der Waals surface area contributed by atoms with Gasteiger partial charge in [-0.1, -0.05) is 71.4 Å². The van der Waals surface area contributed by atoms with E-state index >= 15 is 0 Å². The minimum atomic E-state index is -0.283. The average Bonchev–Trinajstić information content (AvgIpc) is 2.69. The normalized spacial score (nSPS) is 40.6. The van der Waals surface area contributed by atoms with Crippen molar-refractivity contribution in [3.05, 3.63) is 35.9 Å². The molecule has 3 nitrogen and oxygen atoms in total. The van der Waals surface area contributed by atoms with Crippen molar-refractivity contribution in [2.24, 2.45) is 22.2 Å². The topological polar surface area (TPSA) is 41.1 Å². The van der Waals surface area contributed by atoms with Crippen LogP contribution in [0.2, 0.25) is 0 Å². The fourth-order valence-electron chi connectivity index (χ4n) is 7.35. The Morgan fingerprint density at radius 2 is 1.80 bits per heavy atom. The van der Waals surface area contributed by atoms with E-state index in [1.54, 1.807) is 0 Å². The number of carbonyl (C=O) groups excluding carboxylic acids is 1. The van der Waals surface area contributed by atoms with Gasteiger partial charge in [-0.25, -0.2) is 0 Å². The van der Waals surface area contributed by atoms with Gasteiger partial charge in [-0.05, 0) is 72.8 Å². The molecule has 3 fully saturated rings. The molecule has 166 valence electrons. The Bertz CT molecular complexity index is 774. The first-order valence-electron chi connectivity index (χ1n) is 12.2. The second-order valence-corrected chi connectivity index (χ2v) is 12.2. The maximum atomic E-state index is 13.8. The monoisotopic (exact) mass is 410 g/mol. The number of amides is 1. The molecule has 3 aliphatic rings. The molecule has 2 saturated carbocycles. The number of fused-ring (bicyclic) bond motifs is 2. The Morgan fingerprint density at radius 1 is 1.07 bits per heavy atom. The van der Waals surface area contributed by atoms with Gasteiger partial charge in [0, 0.05) is 18.0 Å². The van der Waals surface area contributed by atoms with Crippen LogP contribution < -0.4 is 10.6 Å². The minimum Gasteiger partial charge on any atom is -0.352 e. The molecular weight excluding hydrogens is 368 g/mol. The first kappa shape index (κ1) is 21.9. The number of rotatable bonds is 4. The summed E-state index contributed by atoms with van der Waals surface area (Å²) < 4.78 is 0. The van der Waals surface area contributed by atoms with Gasteiger partial charge in [-0.2, -0.15) is 0 Å². The van der Waals surface area contributed by atoms with Crippen molar-refractivity contribution in [1.82, 2.24) is 10.6 Å². The molecule has 0 radical (unpaired) electrons. The Hall–Kier alpha value is -1.35. The predicted molar refractivity (Wildman–Crippen MR) is 124 cm³/mol. The molecule has 1 saturated heterocycles. The maximum Gasteiger partial charge on any atom is 0.226 e. The molecule has 3 heteroatoms. The maximum absolute atomic E-state index is 13.8. The van der Waals surface area contributed by atoms with Gasteiger partial charge in [0.15, 0.2) is 0 Å². The third kappa shape index (κ3) is 3.95. The number of hydrogen-bond donors (Lipinski definition) is 2. The lowest BCUT2D eigenvalue weighted by atomic mass is 9.47. The summed E-state index contributed by atoms with van der Waals surface area (Å²) >= 11 is 0. The zero-order chi connectivity index (χ0) is 21.6. The van der Waals surface area contributed by atoms with E-state index < -0.39 is 0 Å². The zero-order valence-corrected chi connectivity index (χ0v) is 19.8.